The summed E-state index contributed by atoms with van der Waals surface area (Å²) in [6.07, 6.45) is 7.07. The lowest BCUT2D eigenvalue weighted by Crippen LogP contribution is -2.52. The molecule has 0 radical (unpaired) electrons. The van der Waals surface area contributed by atoms with Crippen LogP contribution in [0.25, 0.3) is 0 Å². The maximum Gasteiger partial charge on any atom is 0.276 e. The van der Waals surface area contributed by atoms with E-state index in [1.807, 2.05) is 53.8 Å². The van der Waals surface area contributed by atoms with Crippen LogP contribution in [0.4, 0.5) is 5.69 Å². The van der Waals surface area contributed by atoms with Crippen LogP contribution in [0.15, 0.2) is 60.7 Å². The van der Waals surface area contributed by atoms with Gasteiger partial charge in [-0.15, -0.1) is 0 Å². The van der Waals surface area contributed by atoms with Crippen LogP contribution in [0.1, 0.15) is 73.1 Å². The predicted molar refractivity (Wildman–Crippen MR) is 148 cm³/mol. The van der Waals surface area contributed by atoms with Gasteiger partial charge in [0, 0.05) is 43.5 Å². The van der Waals surface area contributed by atoms with E-state index in [1.54, 1.807) is 7.11 Å². The van der Waals surface area contributed by atoms with E-state index in [0.717, 1.165) is 43.1 Å². The fourth-order valence-electron chi connectivity index (χ4n) is 6.45. The van der Waals surface area contributed by atoms with Crippen LogP contribution in [0.3, 0.4) is 0 Å². The monoisotopic (exact) mass is 500 g/mol. The van der Waals surface area contributed by atoms with Gasteiger partial charge in [-0.25, -0.2) is 0 Å². The highest BCUT2D eigenvalue weighted by atomic mass is 16.5. The zero-order valence-corrected chi connectivity index (χ0v) is 22.5. The van der Waals surface area contributed by atoms with Gasteiger partial charge in [0.15, 0.2) is 0 Å². The predicted octanol–water partition coefficient (Wildman–Crippen LogP) is 6.06. The van der Waals surface area contributed by atoms with Gasteiger partial charge in [0.2, 0.25) is 0 Å². The average molecular weight is 501 g/mol. The molecule has 196 valence electrons. The molecule has 0 spiro atoms. The Balaban J connectivity index is 1.38. The zero-order chi connectivity index (χ0) is 25.8. The molecule has 1 aliphatic carbocycles. The maximum atomic E-state index is 14.1. The number of ether oxygens (including phenoxy) is 1. The fraction of sp³-hybridized carbons (Fsp3) is 0.484. The van der Waals surface area contributed by atoms with Crippen LogP contribution in [0, 0.1) is 6.92 Å². The molecule has 6 heteroatoms. The van der Waals surface area contributed by atoms with Gasteiger partial charge in [-0.1, -0.05) is 49.2 Å². The summed E-state index contributed by atoms with van der Waals surface area (Å²) in [7, 11) is 1.67. The second-order valence-electron chi connectivity index (χ2n) is 10.5. The van der Waals surface area contributed by atoms with Crippen molar-refractivity contribution < 1.29 is 9.53 Å². The molecule has 0 N–H and O–H groups in total. The Morgan fingerprint density at radius 1 is 1.00 bits per heavy atom. The first-order chi connectivity index (χ1) is 18.1. The number of piperidine rings is 1. The van der Waals surface area contributed by atoms with Gasteiger partial charge in [0.25, 0.3) is 5.91 Å². The van der Waals surface area contributed by atoms with Crippen LogP contribution in [-0.4, -0.2) is 52.9 Å². The summed E-state index contributed by atoms with van der Waals surface area (Å²) < 4.78 is 7.34. The molecule has 2 aromatic carbocycles. The number of anilines is 1. The molecule has 1 saturated carbocycles. The van der Waals surface area contributed by atoms with Crippen molar-refractivity contribution >= 4 is 11.6 Å². The summed E-state index contributed by atoms with van der Waals surface area (Å²) in [5.74, 6) is 1.39. The molecule has 0 bridgehead atoms. The molecule has 0 unspecified atom stereocenters. The Morgan fingerprint density at radius 2 is 1.76 bits per heavy atom. The van der Waals surface area contributed by atoms with E-state index in [-0.39, 0.29) is 11.9 Å². The second kappa shape index (κ2) is 11.5. The van der Waals surface area contributed by atoms with Crippen LogP contribution in [-0.2, 0) is 6.54 Å². The molecule has 1 aliphatic heterocycles. The number of amides is 1. The van der Waals surface area contributed by atoms with Crippen molar-refractivity contribution in [1.82, 2.24) is 14.7 Å². The molecular weight excluding hydrogens is 460 g/mol. The number of methoxy groups -OCH3 is 1. The number of carbonyl (C=O) groups is 1. The summed E-state index contributed by atoms with van der Waals surface area (Å²) >= 11 is 0. The summed E-state index contributed by atoms with van der Waals surface area (Å²) in [6.45, 7) is 6.67. The van der Waals surface area contributed by atoms with Gasteiger partial charge < -0.3 is 9.64 Å². The van der Waals surface area contributed by atoms with Gasteiger partial charge in [-0.2, -0.15) is 5.10 Å². The lowest BCUT2D eigenvalue weighted by molar-refractivity contribution is 0.0887. The normalized spacial score (nSPS) is 21.1. The highest BCUT2D eigenvalue weighted by molar-refractivity contribution is 6.05. The van der Waals surface area contributed by atoms with E-state index in [4.69, 9.17) is 4.74 Å². The van der Waals surface area contributed by atoms with Gasteiger partial charge in [-0.3, -0.25) is 14.4 Å². The quantitative estimate of drug-likeness (QED) is 0.396. The van der Waals surface area contributed by atoms with E-state index in [0.29, 0.717) is 24.2 Å². The number of hydrogen-bond donors (Lipinski definition) is 0. The molecule has 37 heavy (non-hydrogen) atoms. The number of likely N-dealkylation sites (tertiary alicyclic amines) is 1. The smallest absolute Gasteiger partial charge is 0.276 e. The minimum absolute atomic E-state index is 0.0222. The Kier molecular flexibility index (Phi) is 7.94. The van der Waals surface area contributed by atoms with Gasteiger partial charge in [0.1, 0.15) is 11.4 Å². The van der Waals surface area contributed by atoms with E-state index in [9.17, 15) is 4.79 Å². The van der Waals surface area contributed by atoms with Gasteiger partial charge >= 0.3 is 0 Å². The van der Waals surface area contributed by atoms with Crippen molar-refractivity contribution in [3.05, 3.63) is 77.6 Å². The summed E-state index contributed by atoms with van der Waals surface area (Å²) in [5, 5.41) is 4.55. The van der Waals surface area contributed by atoms with Gasteiger partial charge in [-0.05, 0) is 69.2 Å². The molecule has 1 aromatic heterocycles. The Hall–Kier alpha value is -3.12. The molecule has 2 fully saturated rings. The first-order valence-corrected chi connectivity index (χ1v) is 13.9. The van der Waals surface area contributed by atoms with E-state index in [1.165, 1.54) is 31.2 Å². The number of carbonyl (C=O) groups excluding carboxylic acids is 1. The minimum Gasteiger partial charge on any atom is -0.497 e. The van der Waals surface area contributed by atoms with Crippen LogP contribution in [0.2, 0.25) is 0 Å². The minimum atomic E-state index is 0.0222. The highest BCUT2D eigenvalue weighted by Gasteiger charge is 2.36. The molecule has 3 aromatic rings. The van der Waals surface area contributed by atoms with Crippen LogP contribution in [0.5, 0.6) is 5.75 Å². The topological polar surface area (TPSA) is 50.6 Å². The fourth-order valence-corrected chi connectivity index (χ4v) is 6.45. The number of rotatable bonds is 7. The van der Waals surface area contributed by atoms with E-state index >= 15 is 0 Å². The van der Waals surface area contributed by atoms with E-state index < -0.39 is 0 Å². The summed E-state index contributed by atoms with van der Waals surface area (Å²) in [5.41, 5.74) is 3.89. The third-order valence-electron chi connectivity index (χ3n) is 8.26. The van der Waals surface area contributed by atoms with E-state index in [2.05, 4.69) is 40.3 Å². The van der Waals surface area contributed by atoms with Crippen LogP contribution >= 0.6 is 0 Å². The molecule has 1 amide bonds. The molecule has 2 heterocycles. The first kappa shape index (κ1) is 25.5. The van der Waals surface area contributed by atoms with Crippen LogP contribution < -0.4 is 9.64 Å². The van der Waals surface area contributed by atoms with Crippen molar-refractivity contribution in [2.24, 2.45) is 0 Å². The highest BCUT2D eigenvalue weighted by Crippen LogP contribution is 2.38. The number of aryl methyl sites for hydroxylation is 2. The van der Waals surface area contributed by atoms with Crippen molar-refractivity contribution in [1.29, 1.82) is 0 Å². The third kappa shape index (κ3) is 5.45. The number of hydrogen-bond acceptors (Lipinski definition) is 4. The third-order valence-corrected chi connectivity index (χ3v) is 8.26. The van der Waals surface area contributed by atoms with Crippen molar-refractivity contribution in [2.75, 3.05) is 25.1 Å². The number of nitrogens with zero attached hydrogens (tertiary/aromatic N) is 4. The second-order valence-corrected chi connectivity index (χ2v) is 10.5. The van der Waals surface area contributed by atoms with Crippen molar-refractivity contribution in [3.8, 4) is 5.75 Å². The Labute approximate surface area is 221 Å². The molecule has 2 atom stereocenters. The Bertz CT molecular complexity index is 1180. The number of aromatic nitrogens is 2. The first-order valence-electron chi connectivity index (χ1n) is 13.9. The standard InChI is InChI=1S/C31H40N4O2/c1-4-34-30(21-23(2)32-34)31(36)35(26-13-10-14-27(22-26)37-3)25-17-19-33(20-18-25)29-16-9-8-15-28(29)24-11-6-5-7-12-24/h5-7,10-14,21-22,25,28-29H,4,8-9,15-20H2,1-3H3/t28-,29-/m1/s1. The van der Waals surface area contributed by atoms with Crippen molar-refractivity contribution in [3.63, 3.8) is 0 Å². The van der Waals surface area contributed by atoms with Crippen molar-refractivity contribution in [2.45, 2.75) is 76.9 Å². The SMILES string of the molecule is CCn1nc(C)cc1C(=O)N(c1cccc(OC)c1)C1CCN([C@@H]2CCCC[C@@H]2c2ccccc2)CC1. The molecule has 2 aliphatic rings. The molecule has 5 rings (SSSR count). The lowest BCUT2D eigenvalue weighted by atomic mass is 9.78. The number of benzene rings is 2. The molecular formula is C31H40N4O2. The molecule has 1 saturated heterocycles. The zero-order valence-electron chi connectivity index (χ0n) is 22.5. The average Bonchev–Trinajstić information content (AvgIpc) is 3.35. The summed E-state index contributed by atoms with van der Waals surface area (Å²) in [6, 6.07) is 21.6. The Morgan fingerprint density at radius 3 is 2.49 bits per heavy atom. The lowest BCUT2D eigenvalue weighted by Gasteiger charge is -2.45. The largest absolute Gasteiger partial charge is 0.497 e. The maximum absolute atomic E-state index is 14.1. The molecule has 6 nitrogen and oxygen atoms in total. The summed E-state index contributed by atoms with van der Waals surface area (Å²) in [4.78, 5) is 18.8. The van der Waals surface area contributed by atoms with Gasteiger partial charge in [0.05, 0.1) is 12.8 Å².